The first-order valence-corrected chi connectivity index (χ1v) is 23.6. The lowest BCUT2D eigenvalue weighted by molar-refractivity contribution is 1.48. The average molecular weight is 897 g/mol. The first-order valence-electron chi connectivity index (χ1n) is 23.6. The van der Waals surface area contributed by atoms with E-state index in [4.69, 9.17) is 9.98 Å². The van der Waals surface area contributed by atoms with Crippen molar-refractivity contribution in [1.29, 1.82) is 0 Å². The molecule has 10 aromatic carbocycles. The number of benzene rings is 10. The van der Waals surface area contributed by atoms with Crippen LogP contribution >= 0.6 is 0 Å². The highest BCUT2D eigenvalue weighted by molar-refractivity contribution is 6.19. The van der Waals surface area contributed by atoms with E-state index >= 15 is 0 Å². The molecule has 0 fully saturated rings. The summed E-state index contributed by atoms with van der Waals surface area (Å²) in [4.78, 5) is 9.74. The van der Waals surface area contributed by atoms with E-state index in [9.17, 15) is 0 Å². The molecule has 332 valence electrons. The fraction of sp³-hybridized carbons (Fsp3) is 0. The molecule has 0 amide bonds. The molecule has 0 spiro atoms. The number of nitrogens with zero attached hydrogens (tertiary/aromatic N) is 2. The summed E-state index contributed by atoms with van der Waals surface area (Å²) in [5.74, 6) is 0. The molecule has 0 atom stereocenters. The van der Waals surface area contributed by atoms with Crippen molar-refractivity contribution in [3.8, 4) is 66.8 Å². The largest absolute Gasteiger partial charge is 0.356 e. The molecule has 0 saturated carbocycles. The van der Waals surface area contributed by atoms with Crippen molar-refractivity contribution >= 4 is 45.5 Å². The van der Waals surface area contributed by atoms with Gasteiger partial charge in [-0.2, -0.15) is 0 Å². The van der Waals surface area contributed by atoms with E-state index in [1.165, 1.54) is 55.6 Å². The maximum atomic E-state index is 4.87. The van der Waals surface area contributed by atoms with E-state index in [2.05, 4.69) is 241 Å². The molecule has 0 heterocycles. The van der Waals surface area contributed by atoms with Gasteiger partial charge in [0.05, 0.1) is 22.8 Å². The normalized spacial score (nSPS) is 11.8. The highest BCUT2D eigenvalue weighted by atomic mass is 14.9. The van der Waals surface area contributed by atoms with Gasteiger partial charge in [-0.05, 0) is 200 Å². The molecular formula is C66H48N4. The zero-order valence-electron chi connectivity index (χ0n) is 38.5. The van der Waals surface area contributed by atoms with E-state index in [-0.39, 0.29) is 0 Å². The summed E-state index contributed by atoms with van der Waals surface area (Å²) in [7, 11) is 0. The van der Waals surface area contributed by atoms with Crippen LogP contribution in [-0.4, -0.2) is 11.4 Å². The highest BCUT2D eigenvalue weighted by Gasteiger charge is 2.10. The number of rotatable bonds is 12. The monoisotopic (exact) mass is 896 g/mol. The molecule has 11 rings (SSSR count). The molecule has 0 radical (unpaired) electrons. The Labute approximate surface area is 410 Å². The van der Waals surface area contributed by atoms with Crippen molar-refractivity contribution < 1.29 is 0 Å². The van der Waals surface area contributed by atoms with Gasteiger partial charge in [0, 0.05) is 22.7 Å². The SMILES string of the molecule is C1=CC(=Nc2ccc(Nc3ccc(-c4cc(-c5ccccc5)cc(-c5ccccc5)c4)cc3)cc2)C=CC1=Nc1ccc(Nc2ccc(-c3cc(-c4ccccc4)cc(-c4ccccc4)c3)cc2)cc1. The second kappa shape index (κ2) is 20.2. The van der Waals surface area contributed by atoms with Gasteiger partial charge in [0.1, 0.15) is 0 Å². The van der Waals surface area contributed by atoms with Gasteiger partial charge in [0.25, 0.3) is 0 Å². The summed E-state index contributed by atoms with van der Waals surface area (Å²) in [6.07, 6.45) is 8.02. The third kappa shape index (κ3) is 10.4. The number of anilines is 4. The van der Waals surface area contributed by atoms with Crippen molar-refractivity contribution in [1.82, 2.24) is 0 Å². The second-order valence-corrected chi connectivity index (χ2v) is 17.3. The van der Waals surface area contributed by atoms with Crippen LogP contribution in [0.15, 0.2) is 289 Å². The van der Waals surface area contributed by atoms with Crippen molar-refractivity contribution in [2.45, 2.75) is 0 Å². The third-order valence-corrected chi connectivity index (χ3v) is 12.4. The summed E-state index contributed by atoms with van der Waals surface area (Å²) < 4.78 is 0. The molecule has 70 heavy (non-hydrogen) atoms. The zero-order valence-corrected chi connectivity index (χ0v) is 38.5. The number of nitrogens with one attached hydrogen (secondary N) is 2. The molecule has 0 unspecified atom stereocenters. The van der Waals surface area contributed by atoms with E-state index < -0.39 is 0 Å². The second-order valence-electron chi connectivity index (χ2n) is 17.3. The molecule has 4 nitrogen and oxygen atoms in total. The van der Waals surface area contributed by atoms with Crippen molar-refractivity contribution in [2.75, 3.05) is 10.6 Å². The summed E-state index contributed by atoms with van der Waals surface area (Å²) in [5.41, 5.74) is 21.8. The van der Waals surface area contributed by atoms with Crippen LogP contribution in [0.5, 0.6) is 0 Å². The summed E-state index contributed by atoms with van der Waals surface area (Å²) in [6.45, 7) is 0. The van der Waals surface area contributed by atoms with E-state index in [0.29, 0.717) is 0 Å². The number of allylic oxidation sites excluding steroid dienone is 4. The first-order chi connectivity index (χ1) is 34.6. The first kappa shape index (κ1) is 43.2. The van der Waals surface area contributed by atoms with Gasteiger partial charge in [0.15, 0.2) is 0 Å². The molecule has 1 aliphatic rings. The molecule has 0 saturated heterocycles. The Bertz CT molecular complexity index is 3130. The smallest absolute Gasteiger partial charge is 0.0638 e. The van der Waals surface area contributed by atoms with Crippen LogP contribution in [0.2, 0.25) is 0 Å². The van der Waals surface area contributed by atoms with E-state index in [1.54, 1.807) is 0 Å². The predicted molar refractivity (Wildman–Crippen MR) is 297 cm³/mol. The predicted octanol–water partition coefficient (Wildman–Crippen LogP) is 18.1. The van der Waals surface area contributed by atoms with Gasteiger partial charge in [-0.25, -0.2) is 9.98 Å². The number of hydrogen-bond acceptors (Lipinski definition) is 4. The standard InChI is InChI=1S/C66H48N4/c1-5-13-47(14-6-1)53-41-54(48-15-7-2-8-16-48)44-57(43-53)51-21-25-59(26-22-51)67-61-29-33-63(34-30-61)69-65-37-39-66(40-38-65)70-64-35-31-62(32-36-64)68-60-27-23-52(24-28-60)58-45-55(49-17-9-3-10-18-49)42-56(46-58)50-19-11-4-12-20-50/h1-46,67-68H. The molecule has 4 heteroatoms. The Morgan fingerprint density at radius 1 is 0.200 bits per heavy atom. The minimum atomic E-state index is 0.869. The molecule has 0 aliphatic heterocycles. The Morgan fingerprint density at radius 2 is 0.414 bits per heavy atom. The molecule has 0 bridgehead atoms. The summed E-state index contributed by atoms with van der Waals surface area (Å²) >= 11 is 0. The Balaban J connectivity index is 0.703. The maximum Gasteiger partial charge on any atom is 0.0638 e. The fourth-order valence-electron chi connectivity index (χ4n) is 8.74. The number of aliphatic imine (C=N–C) groups is 2. The molecule has 2 N–H and O–H groups in total. The quantitative estimate of drug-likeness (QED) is 0.120. The lowest BCUT2D eigenvalue weighted by Gasteiger charge is -2.12. The van der Waals surface area contributed by atoms with Gasteiger partial charge in [0.2, 0.25) is 0 Å². The Morgan fingerprint density at radius 3 is 0.657 bits per heavy atom. The van der Waals surface area contributed by atoms with Crippen molar-refractivity contribution in [3.63, 3.8) is 0 Å². The van der Waals surface area contributed by atoms with Crippen LogP contribution in [-0.2, 0) is 0 Å². The minimum absolute atomic E-state index is 0.869. The van der Waals surface area contributed by atoms with Gasteiger partial charge in [-0.3, -0.25) is 0 Å². The highest BCUT2D eigenvalue weighted by Crippen LogP contribution is 2.36. The van der Waals surface area contributed by atoms with Crippen molar-refractivity contribution in [2.24, 2.45) is 9.98 Å². The van der Waals surface area contributed by atoms with Gasteiger partial charge < -0.3 is 10.6 Å². The maximum absolute atomic E-state index is 4.87. The molecule has 0 aromatic heterocycles. The van der Waals surface area contributed by atoms with E-state index in [1.807, 2.05) is 48.6 Å². The fourth-order valence-corrected chi connectivity index (χ4v) is 8.74. The van der Waals surface area contributed by atoms with Crippen LogP contribution in [0, 0.1) is 0 Å². The zero-order chi connectivity index (χ0) is 46.9. The number of hydrogen-bond donors (Lipinski definition) is 2. The van der Waals surface area contributed by atoms with Gasteiger partial charge >= 0.3 is 0 Å². The Kier molecular flexibility index (Phi) is 12.5. The van der Waals surface area contributed by atoms with Crippen LogP contribution in [0.1, 0.15) is 0 Å². The average Bonchev–Trinajstić information content (AvgIpc) is 3.43. The van der Waals surface area contributed by atoms with Gasteiger partial charge in [-0.15, -0.1) is 0 Å². The lowest BCUT2D eigenvalue weighted by Crippen LogP contribution is -1.99. The minimum Gasteiger partial charge on any atom is -0.356 e. The lowest BCUT2D eigenvalue weighted by atomic mass is 9.93. The van der Waals surface area contributed by atoms with Crippen LogP contribution < -0.4 is 10.6 Å². The van der Waals surface area contributed by atoms with Crippen LogP contribution in [0.25, 0.3) is 66.8 Å². The van der Waals surface area contributed by atoms with Crippen LogP contribution in [0.3, 0.4) is 0 Å². The third-order valence-electron chi connectivity index (χ3n) is 12.4. The van der Waals surface area contributed by atoms with Crippen molar-refractivity contribution in [3.05, 3.63) is 279 Å². The summed E-state index contributed by atoms with van der Waals surface area (Å²) in [6, 6.07) is 89.6. The Hall–Kier alpha value is -9.38. The molecular weight excluding hydrogens is 849 g/mol. The van der Waals surface area contributed by atoms with Gasteiger partial charge in [-0.1, -0.05) is 146 Å². The summed E-state index contributed by atoms with van der Waals surface area (Å²) in [5, 5.41) is 7.11. The molecule has 10 aromatic rings. The molecule has 1 aliphatic carbocycles. The topological polar surface area (TPSA) is 48.8 Å². The van der Waals surface area contributed by atoms with E-state index in [0.717, 1.165) is 56.7 Å². The van der Waals surface area contributed by atoms with Crippen LogP contribution in [0.4, 0.5) is 34.1 Å².